The second kappa shape index (κ2) is 9.02. The number of hydrogen-bond acceptors (Lipinski definition) is 5. The van der Waals surface area contributed by atoms with E-state index in [-0.39, 0.29) is 49.4 Å². The van der Waals surface area contributed by atoms with Crippen LogP contribution in [0, 0.1) is 0 Å². The fourth-order valence-electron chi connectivity index (χ4n) is 1.78. The topological polar surface area (TPSA) is 94.5 Å². The van der Waals surface area contributed by atoms with E-state index in [1.807, 2.05) is 0 Å². The Morgan fingerprint density at radius 3 is 2.62 bits per heavy atom. The molecule has 2 aromatic heterocycles. The SMILES string of the molecule is COCC(N)C(=O)NCc1nnc2ccc(C(F)(F)F)cn12.Cl.Cl. The molecule has 0 aliphatic carbocycles. The van der Waals surface area contributed by atoms with E-state index in [1.165, 1.54) is 17.6 Å². The first kappa shape index (κ1) is 22.4. The number of methoxy groups -OCH3 is 1. The lowest BCUT2D eigenvalue weighted by atomic mass is 10.3. The summed E-state index contributed by atoms with van der Waals surface area (Å²) >= 11 is 0. The van der Waals surface area contributed by atoms with Crippen LogP contribution in [0.25, 0.3) is 5.65 Å². The number of hydrogen-bond donors (Lipinski definition) is 2. The number of fused-ring (bicyclic) bond motifs is 1. The quantitative estimate of drug-likeness (QED) is 0.800. The van der Waals surface area contributed by atoms with E-state index in [1.54, 1.807) is 0 Å². The molecule has 0 aromatic carbocycles. The van der Waals surface area contributed by atoms with Crippen LogP contribution in [0.2, 0.25) is 0 Å². The molecule has 1 unspecified atom stereocenters. The average molecular weight is 390 g/mol. The summed E-state index contributed by atoms with van der Waals surface area (Å²) in [5.41, 5.74) is 4.95. The van der Waals surface area contributed by atoms with Crippen LogP contribution in [0.15, 0.2) is 18.3 Å². The molecule has 2 aromatic rings. The molecule has 0 aliphatic rings. The predicted molar refractivity (Wildman–Crippen MR) is 84.2 cm³/mol. The van der Waals surface area contributed by atoms with Crippen molar-refractivity contribution in [3.63, 3.8) is 0 Å². The molecule has 0 saturated carbocycles. The van der Waals surface area contributed by atoms with Crippen molar-refractivity contribution in [1.82, 2.24) is 19.9 Å². The molecule has 3 N–H and O–H groups in total. The van der Waals surface area contributed by atoms with Gasteiger partial charge in [0, 0.05) is 13.3 Å². The number of aromatic nitrogens is 3. The van der Waals surface area contributed by atoms with E-state index in [9.17, 15) is 18.0 Å². The summed E-state index contributed by atoms with van der Waals surface area (Å²) in [6.45, 7) is -0.0661. The molecule has 0 aliphatic heterocycles. The van der Waals surface area contributed by atoms with Crippen molar-refractivity contribution in [3.8, 4) is 0 Å². The van der Waals surface area contributed by atoms with E-state index < -0.39 is 23.7 Å². The number of amides is 1. The van der Waals surface area contributed by atoms with E-state index >= 15 is 0 Å². The van der Waals surface area contributed by atoms with Crippen molar-refractivity contribution in [1.29, 1.82) is 0 Å². The fraction of sp³-hybridized carbons (Fsp3) is 0.417. The summed E-state index contributed by atoms with van der Waals surface area (Å²) in [6, 6.07) is 1.26. The van der Waals surface area contributed by atoms with Gasteiger partial charge in [0.25, 0.3) is 0 Å². The Kier molecular flexibility index (Phi) is 8.41. The second-order valence-electron chi connectivity index (χ2n) is 4.54. The largest absolute Gasteiger partial charge is 0.417 e. The van der Waals surface area contributed by atoms with Gasteiger partial charge in [-0.3, -0.25) is 9.20 Å². The van der Waals surface area contributed by atoms with Gasteiger partial charge in [-0.2, -0.15) is 13.2 Å². The highest BCUT2D eigenvalue weighted by Crippen LogP contribution is 2.29. The highest BCUT2D eigenvalue weighted by Gasteiger charge is 2.31. The summed E-state index contributed by atoms with van der Waals surface area (Å²) < 4.78 is 44.0. The molecule has 24 heavy (non-hydrogen) atoms. The molecule has 0 spiro atoms. The van der Waals surface area contributed by atoms with Crippen LogP contribution in [-0.4, -0.2) is 40.3 Å². The Labute approximate surface area is 147 Å². The zero-order chi connectivity index (χ0) is 16.3. The van der Waals surface area contributed by atoms with Gasteiger partial charge in [0.2, 0.25) is 5.91 Å². The number of carbonyl (C=O) groups is 1. The number of carbonyl (C=O) groups excluding carboxylic acids is 1. The Morgan fingerprint density at radius 1 is 1.38 bits per heavy atom. The molecular formula is C12H16Cl2F3N5O2. The molecule has 0 radical (unpaired) electrons. The van der Waals surface area contributed by atoms with Gasteiger partial charge < -0.3 is 15.8 Å². The Bertz CT molecular complexity index is 680. The van der Waals surface area contributed by atoms with Crippen molar-refractivity contribution in [2.75, 3.05) is 13.7 Å². The summed E-state index contributed by atoms with van der Waals surface area (Å²) in [4.78, 5) is 11.6. The monoisotopic (exact) mass is 389 g/mol. The average Bonchev–Trinajstić information content (AvgIpc) is 2.86. The number of rotatable bonds is 5. The Morgan fingerprint density at radius 2 is 2.04 bits per heavy atom. The van der Waals surface area contributed by atoms with Crippen molar-refractivity contribution in [3.05, 3.63) is 29.7 Å². The van der Waals surface area contributed by atoms with E-state index in [0.29, 0.717) is 0 Å². The smallest absolute Gasteiger partial charge is 0.383 e. The minimum Gasteiger partial charge on any atom is -0.383 e. The molecule has 136 valence electrons. The van der Waals surface area contributed by atoms with Crippen LogP contribution < -0.4 is 11.1 Å². The van der Waals surface area contributed by atoms with Crippen molar-refractivity contribution in [2.45, 2.75) is 18.8 Å². The van der Waals surface area contributed by atoms with Gasteiger partial charge in [-0.1, -0.05) is 0 Å². The van der Waals surface area contributed by atoms with Gasteiger partial charge in [0.05, 0.1) is 18.7 Å². The van der Waals surface area contributed by atoms with Crippen LogP contribution in [0.1, 0.15) is 11.4 Å². The molecule has 2 heterocycles. The maximum absolute atomic E-state index is 12.7. The summed E-state index contributed by atoms with van der Waals surface area (Å²) in [5.74, 6) is -0.329. The van der Waals surface area contributed by atoms with Crippen LogP contribution in [0.4, 0.5) is 13.2 Å². The lowest BCUT2D eigenvalue weighted by molar-refractivity contribution is -0.137. The molecule has 0 bridgehead atoms. The van der Waals surface area contributed by atoms with Gasteiger partial charge in [0.1, 0.15) is 6.04 Å². The van der Waals surface area contributed by atoms with Crippen LogP contribution >= 0.6 is 24.8 Å². The molecule has 2 rings (SSSR count). The van der Waals surface area contributed by atoms with Gasteiger partial charge in [-0.15, -0.1) is 35.0 Å². The third-order valence-corrected chi connectivity index (χ3v) is 2.90. The zero-order valence-electron chi connectivity index (χ0n) is 12.4. The van der Waals surface area contributed by atoms with Crippen LogP contribution in [0.3, 0.4) is 0 Å². The lowest BCUT2D eigenvalue weighted by Gasteiger charge is -2.11. The molecule has 0 saturated heterocycles. The fourth-order valence-corrected chi connectivity index (χ4v) is 1.78. The van der Waals surface area contributed by atoms with Gasteiger partial charge in [-0.05, 0) is 12.1 Å². The maximum Gasteiger partial charge on any atom is 0.417 e. The van der Waals surface area contributed by atoms with Crippen molar-refractivity contribution in [2.24, 2.45) is 5.73 Å². The van der Waals surface area contributed by atoms with E-state index in [2.05, 4.69) is 15.5 Å². The summed E-state index contributed by atoms with van der Waals surface area (Å²) in [7, 11) is 1.40. The highest BCUT2D eigenvalue weighted by molar-refractivity contribution is 5.85. The molecular weight excluding hydrogens is 374 g/mol. The van der Waals surface area contributed by atoms with E-state index in [0.717, 1.165) is 12.3 Å². The van der Waals surface area contributed by atoms with E-state index in [4.69, 9.17) is 10.5 Å². The minimum absolute atomic E-state index is 0. The lowest BCUT2D eigenvalue weighted by Crippen LogP contribution is -2.43. The molecule has 0 fully saturated rings. The third kappa shape index (κ3) is 5.20. The first-order valence-corrected chi connectivity index (χ1v) is 6.26. The zero-order valence-corrected chi connectivity index (χ0v) is 14.0. The summed E-state index contributed by atoms with van der Waals surface area (Å²) in [6.07, 6.45) is -3.59. The summed E-state index contributed by atoms with van der Waals surface area (Å²) in [5, 5.41) is 9.97. The molecule has 1 amide bonds. The van der Waals surface area contributed by atoms with Gasteiger partial charge >= 0.3 is 6.18 Å². The number of ether oxygens (including phenoxy) is 1. The van der Waals surface area contributed by atoms with Crippen molar-refractivity contribution >= 4 is 36.4 Å². The van der Waals surface area contributed by atoms with Crippen molar-refractivity contribution < 1.29 is 22.7 Å². The maximum atomic E-state index is 12.7. The minimum atomic E-state index is -4.47. The molecule has 7 nitrogen and oxygen atoms in total. The Hall–Kier alpha value is -1.62. The Balaban J connectivity index is 0.00000264. The standard InChI is InChI=1S/C12H14F3N5O2.2ClH/c1-22-6-8(16)11(21)17-4-10-19-18-9-3-2-7(5-20(9)10)12(13,14)15;;/h2-3,5,8H,4,6,16H2,1H3,(H,17,21);2*1H. The highest BCUT2D eigenvalue weighted by atomic mass is 35.5. The molecule has 12 heteroatoms. The number of nitrogens with one attached hydrogen (secondary N) is 1. The number of nitrogens with two attached hydrogens (primary N) is 1. The second-order valence-corrected chi connectivity index (χ2v) is 4.54. The van der Waals surface area contributed by atoms with Crippen LogP contribution in [-0.2, 0) is 22.3 Å². The first-order valence-electron chi connectivity index (χ1n) is 6.26. The van der Waals surface area contributed by atoms with Gasteiger partial charge in [0.15, 0.2) is 11.5 Å². The number of nitrogens with zero attached hydrogens (tertiary/aromatic N) is 3. The van der Waals surface area contributed by atoms with Crippen LogP contribution in [0.5, 0.6) is 0 Å². The first-order chi connectivity index (χ1) is 10.3. The number of halogens is 5. The van der Waals surface area contributed by atoms with Gasteiger partial charge in [-0.25, -0.2) is 0 Å². The number of pyridine rings is 1. The molecule has 1 atom stereocenters. The normalized spacial score (nSPS) is 12.2. The number of alkyl halides is 3. The predicted octanol–water partition coefficient (Wildman–Crippen LogP) is 1.18. The third-order valence-electron chi connectivity index (χ3n) is 2.90.